The fourth-order valence-electron chi connectivity index (χ4n) is 2.44. The molecule has 0 saturated carbocycles. The molecule has 114 valence electrons. The molecular weight excluding hydrogens is 294 g/mol. The second-order valence-electron chi connectivity index (χ2n) is 5.23. The number of piperidine rings is 1. The van der Waals surface area contributed by atoms with Crippen molar-refractivity contribution in [2.24, 2.45) is 0 Å². The van der Waals surface area contributed by atoms with Gasteiger partial charge >= 0.3 is 0 Å². The van der Waals surface area contributed by atoms with Crippen LogP contribution in [0.3, 0.4) is 0 Å². The third kappa shape index (κ3) is 5.05. The third-order valence-corrected chi connectivity index (χ3v) is 4.58. The maximum absolute atomic E-state index is 12.2. The summed E-state index contributed by atoms with van der Waals surface area (Å²) in [6, 6.07) is 4.64. The number of carbonyl (C=O) groups is 1. The number of nitrogens with one attached hydrogen (secondary N) is 1. The van der Waals surface area contributed by atoms with Crippen LogP contribution in [0.4, 0.5) is 0 Å². The highest BCUT2D eigenvalue weighted by Gasteiger charge is 2.21. The lowest BCUT2D eigenvalue weighted by Crippen LogP contribution is -2.45. The van der Waals surface area contributed by atoms with E-state index in [-0.39, 0.29) is 18.3 Å². The predicted molar refractivity (Wildman–Crippen MR) is 86.6 cm³/mol. The number of thiophene rings is 1. The van der Waals surface area contributed by atoms with E-state index in [1.165, 1.54) is 4.88 Å². The van der Waals surface area contributed by atoms with E-state index < -0.39 is 0 Å². The number of amides is 1. The van der Waals surface area contributed by atoms with Crippen molar-refractivity contribution in [3.05, 3.63) is 22.4 Å². The number of rotatable bonds is 5. The molecule has 20 heavy (non-hydrogen) atoms. The lowest BCUT2D eigenvalue weighted by molar-refractivity contribution is -0.131. The molecule has 0 aromatic carbocycles. The van der Waals surface area contributed by atoms with Gasteiger partial charge in [-0.3, -0.25) is 9.69 Å². The van der Waals surface area contributed by atoms with Gasteiger partial charge in [0.15, 0.2) is 0 Å². The maximum Gasteiger partial charge on any atom is 0.236 e. The Labute approximate surface area is 131 Å². The molecular formula is C14H24ClN3OS. The molecule has 1 amide bonds. The van der Waals surface area contributed by atoms with Gasteiger partial charge in [0.25, 0.3) is 0 Å². The monoisotopic (exact) mass is 317 g/mol. The number of hydrogen-bond donors (Lipinski definition) is 1. The van der Waals surface area contributed by atoms with Crippen molar-refractivity contribution in [1.82, 2.24) is 15.1 Å². The van der Waals surface area contributed by atoms with E-state index in [2.05, 4.69) is 28.7 Å². The van der Waals surface area contributed by atoms with Gasteiger partial charge < -0.3 is 10.2 Å². The van der Waals surface area contributed by atoms with Gasteiger partial charge in [-0.25, -0.2) is 0 Å². The Kier molecular flexibility index (Phi) is 7.51. The average molecular weight is 318 g/mol. The first kappa shape index (κ1) is 17.4. The third-order valence-electron chi connectivity index (χ3n) is 3.72. The van der Waals surface area contributed by atoms with Crippen LogP contribution in [0, 0.1) is 0 Å². The van der Waals surface area contributed by atoms with Crippen LogP contribution in [0.25, 0.3) is 0 Å². The molecule has 0 aliphatic carbocycles. The van der Waals surface area contributed by atoms with Crippen LogP contribution in [0.15, 0.2) is 17.5 Å². The Bertz CT molecular complexity index is 393. The van der Waals surface area contributed by atoms with Crippen LogP contribution >= 0.6 is 23.7 Å². The topological polar surface area (TPSA) is 35.6 Å². The molecule has 4 nitrogen and oxygen atoms in total. The van der Waals surface area contributed by atoms with Gasteiger partial charge in [-0.15, -0.1) is 23.7 Å². The number of halogens is 1. The van der Waals surface area contributed by atoms with Crippen molar-refractivity contribution in [2.45, 2.75) is 25.4 Å². The molecule has 0 bridgehead atoms. The van der Waals surface area contributed by atoms with E-state index in [4.69, 9.17) is 0 Å². The Morgan fingerprint density at radius 2 is 2.10 bits per heavy atom. The van der Waals surface area contributed by atoms with Crippen molar-refractivity contribution >= 4 is 29.7 Å². The van der Waals surface area contributed by atoms with Crippen molar-refractivity contribution in [3.63, 3.8) is 0 Å². The summed E-state index contributed by atoms with van der Waals surface area (Å²) in [4.78, 5) is 17.5. The second kappa shape index (κ2) is 8.62. The second-order valence-corrected chi connectivity index (χ2v) is 6.26. The van der Waals surface area contributed by atoms with E-state index in [0.717, 1.165) is 32.5 Å². The molecule has 0 spiro atoms. The SMILES string of the molecule is CN(Cc1cccs1)C(=O)CN(C)C1CCNCC1.Cl. The van der Waals surface area contributed by atoms with E-state index in [1.54, 1.807) is 11.3 Å². The first-order chi connectivity index (χ1) is 9.16. The van der Waals surface area contributed by atoms with Crippen LogP contribution in [-0.2, 0) is 11.3 Å². The highest BCUT2D eigenvalue weighted by molar-refractivity contribution is 7.09. The standard InChI is InChI=1S/C14H23N3OS.ClH/c1-16(12-5-7-15-8-6-12)11-14(18)17(2)10-13-4-3-9-19-13;/h3-4,9,12,15H,5-8,10-11H2,1-2H3;1H. The van der Waals surface area contributed by atoms with Crippen molar-refractivity contribution in [2.75, 3.05) is 33.7 Å². The molecule has 0 radical (unpaired) electrons. The largest absolute Gasteiger partial charge is 0.340 e. The quantitative estimate of drug-likeness (QED) is 0.899. The molecule has 1 aromatic heterocycles. The molecule has 1 N–H and O–H groups in total. The molecule has 0 atom stereocenters. The Morgan fingerprint density at radius 1 is 1.40 bits per heavy atom. The molecule has 1 saturated heterocycles. The van der Waals surface area contributed by atoms with E-state index in [9.17, 15) is 4.79 Å². The van der Waals surface area contributed by atoms with Crippen LogP contribution in [0.1, 0.15) is 17.7 Å². The first-order valence-electron chi connectivity index (χ1n) is 6.84. The fourth-order valence-corrected chi connectivity index (χ4v) is 3.19. The van der Waals surface area contributed by atoms with Crippen molar-refractivity contribution in [3.8, 4) is 0 Å². The lowest BCUT2D eigenvalue weighted by atomic mass is 10.1. The van der Waals surface area contributed by atoms with E-state index >= 15 is 0 Å². The zero-order valence-corrected chi connectivity index (χ0v) is 13.8. The molecule has 1 fully saturated rings. The van der Waals surface area contributed by atoms with Crippen LogP contribution in [0.2, 0.25) is 0 Å². The normalized spacial score (nSPS) is 15.9. The average Bonchev–Trinajstić information content (AvgIpc) is 2.92. The zero-order valence-electron chi connectivity index (χ0n) is 12.2. The number of likely N-dealkylation sites (N-methyl/N-ethyl adjacent to an activating group) is 2. The predicted octanol–water partition coefficient (Wildman–Crippen LogP) is 1.81. The van der Waals surface area contributed by atoms with Gasteiger partial charge in [0.1, 0.15) is 0 Å². The summed E-state index contributed by atoms with van der Waals surface area (Å²) in [6.07, 6.45) is 2.27. The first-order valence-corrected chi connectivity index (χ1v) is 7.72. The minimum atomic E-state index is 0. The lowest BCUT2D eigenvalue weighted by Gasteiger charge is -2.32. The minimum absolute atomic E-state index is 0. The molecule has 1 aliphatic heterocycles. The van der Waals surface area contributed by atoms with Gasteiger partial charge in [-0.2, -0.15) is 0 Å². The summed E-state index contributed by atoms with van der Waals surface area (Å²) in [6.45, 7) is 3.37. The Morgan fingerprint density at radius 3 is 2.70 bits per heavy atom. The number of carbonyl (C=O) groups excluding carboxylic acids is 1. The summed E-state index contributed by atoms with van der Waals surface area (Å²) in [5, 5.41) is 5.41. The highest BCUT2D eigenvalue weighted by Crippen LogP contribution is 2.12. The van der Waals surface area contributed by atoms with Crippen LogP contribution in [0.5, 0.6) is 0 Å². The molecule has 2 rings (SSSR count). The van der Waals surface area contributed by atoms with Gasteiger partial charge in [-0.1, -0.05) is 6.07 Å². The van der Waals surface area contributed by atoms with Crippen LogP contribution in [-0.4, -0.2) is 55.5 Å². The highest BCUT2D eigenvalue weighted by atomic mass is 35.5. The number of hydrogen-bond acceptors (Lipinski definition) is 4. The zero-order chi connectivity index (χ0) is 13.7. The Hall–Kier alpha value is -0.620. The minimum Gasteiger partial charge on any atom is -0.340 e. The molecule has 2 heterocycles. The van der Waals surface area contributed by atoms with Gasteiger partial charge in [0.2, 0.25) is 5.91 Å². The van der Waals surface area contributed by atoms with Gasteiger partial charge in [-0.05, 0) is 44.4 Å². The molecule has 6 heteroatoms. The fraction of sp³-hybridized carbons (Fsp3) is 0.643. The van der Waals surface area contributed by atoms with Crippen molar-refractivity contribution in [1.29, 1.82) is 0 Å². The van der Waals surface area contributed by atoms with E-state index in [0.29, 0.717) is 12.6 Å². The number of nitrogens with zero attached hydrogens (tertiary/aromatic N) is 2. The van der Waals surface area contributed by atoms with E-state index in [1.807, 2.05) is 18.0 Å². The van der Waals surface area contributed by atoms with Crippen LogP contribution < -0.4 is 5.32 Å². The molecule has 1 aliphatic rings. The van der Waals surface area contributed by atoms with Gasteiger partial charge in [0.05, 0.1) is 13.1 Å². The summed E-state index contributed by atoms with van der Waals surface area (Å²) < 4.78 is 0. The summed E-state index contributed by atoms with van der Waals surface area (Å²) in [5.74, 6) is 0.203. The maximum atomic E-state index is 12.2. The summed E-state index contributed by atoms with van der Waals surface area (Å²) >= 11 is 1.70. The smallest absolute Gasteiger partial charge is 0.236 e. The molecule has 1 aromatic rings. The Balaban J connectivity index is 0.00000200. The molecule has 0 unspecified atom stereocenters. The van der Waals surface area contributed by atoms with Gasteiger partial charge in [0, 0.05) is 18.0 Å². The van der Waals surface area contributed by atoms with Crippen molar-refractivity contribution < 1.29 is 4.79 Å². The summed E-state index contributed by atoms with van der Waals surface area (Å²) in [5.41, 5.74) is 0. The summed E-state index contributed by atoms with van der Waals surface area (Å²) in [7, 11) is 3.95.